The first-order chi connectivity index (χ1) is 10.5. The molecule has 2 amide bonds. The number of anilines is 1. The number of benzene rings is 1. The second kappa shape index (κ2) is 8.44. The minimum absolute atomic E-state index is 0.136. The number of urea groups is 1. The van der Waals surface area contributed by atoms with Crippen molar-refractivity contribution in [1.82, 2.24) is 10.6 Å². The normalized spacial score (nSPS) is 19.2. The number of carbonyl (C=O) groups is 1. The Bertz CT molecular complexity index is 469. The topological polar surface area (TPSA) is 53.2 Å². The van der Waals surface area contributed by atoms with Gasteiger partial charge in [0.25, 0.3) is 0 Å². The van der Waals surface area contributed by atoms with Crippen LogP contribution < -0.4 is 16.0 Å². The van der Waals surface area contributed by atoms with Gasteiger partial charge in [-0.15, -0.1) is 0 Å². The molecule has 0 aliphatic carbocycles. The van der Waals surface area contributed by atoms with E-state index in [4.69, 9.17) is 0 Å². The zero-order valence-corrected chi connectivity index (χ0v) is 14.5. The van der Waals surface area contributed by atoms with Crippen molar-refractivity contribution in [2.45, 2.75) is 50.9 Å². The number of amides is 2. The molecule has 1 fully saturated rings. The smallest absolute Gasteiger partial charge is 0.319 e. The summed E-state index contributed by atoms with van der Waals surface area (Å²) in [6.07, 6.45) is 2.68. The molecule has 4 nitrogen and oxygen atoms in total. The predicted molar refractivity (Wildman–Crippen MR) is 95.6 cm³/mol. The lowest BCUT2D eigenvalue weighted by Gasteiger charge is -2.17. The molecule has 0 aromatic heterocycles. The molecule has 122 valence electrons. The third-order valence-corrected chi connectivity index (χ3v) is 5.16. The maximum absolute atomic E-state index is 11.7. The number of thioether (sulfide) groups is 1. The summed E-state index contributed by atoms with van der Waals surface area (Å²) in [4.78, 5) is 11.7. The van der Waals surface area contributed by atoms with Crippen molar-refractivity contribution < 1.29 is 4.79 Å². The molecule has 3 N–H and O–H groups in total. The Labute approximate surface area is 137 Å². The number of hydrogen-bond donors (Lipinski definition) is 3. The molecule has 2 rings (SSSR count). The van der Waals surface area contributed by atoms with Crippen molar-refractivity contribution in [2.24, 2.45) is 0 Å². The summed E-state index contributed by atoms with van der Waals surface area (Å²) >= 11 is 2.08. The van der Waals surface area contributed by atoms with Crippen LogP contribution in [0, 0.1) is 0 Å². The van der Waals surface area contributed by atoms with Gasteiger partial charge in [-0.3, -0.25) is 0 Å². The zero-order valence-electron chi connectivity index (χ0n) is 13.7. The lowest BCUT2D eigenvalue weighted by Crippen LogP contribution is -2.34. The Morgan fingerprint density at radius 1 is 1.27 bits per heavy atom. The van der Waals surface area contributed by atoms with Crippen LogP contribution in [0.25, 0.3) is 0 Å². The summed E-state index contributed by atoms with van der Waals surface area (Å²) in [6, 6.07) is 8.37. The number of nitrogens with one attached hydrogen (secondary N) is 3. The van der Waals surface area contributed by atoms with E-state index in [9.17, 15) is 4.79 Å². The van der Waals surface area contributed by atoms with Crippen molar-refractivity contribution in [3.8, 4) is 0 Å². The van der Waals surface area contributed by atoms with Crippen molar-refractivity contribution >= 4 is 23.5 Å². The molecule has 0 unspecified atom stereocenters. The molecule has 2 atom stereocenters. The molecule has 1 heterocycles. The van der Waals surface area contributed by atoms with Gasteiger partial charge in [0, 0.05) is 29.6 Å². The molecule has 0 spiro atoms. The first-order valence-corrected chi connectivity index (χ1v) is 9.12. The molecule has 1 aliphatic heterocycles. The average molecular weight is 321 g/mol. The van der Waals surface area contributed by atoms with E-state index in [0.29, 0.717) is 6.04 Å². The van der Waals surface area contributed by atoms with E-state index in [0.717, 1.165) is 17.5 Å². The molecular weight excluding hydrogens is 294 g/mol. The highest BCUT2D eigenvalue weighted by Gasteiger charge is 2.16. The fourth-order valence-electron chi connectivity index (χ4n) is 2.52. The van der Waals surface area contributed by atoms with Gasteiger partial charge >= 0.3 is 6.03 Å². The minimum Gasteiger partial charge on any atom is -0.336 e. The van der Waals surface area contributed by atoms with Gasteiger partial charge in [-0.2, -0.15) is 11.8 Å². The SMILES string of the molecule is CC(C)NC(=O)Nc1ccc([C@@H](C)NC[C@@H]2CCCS2)cc1. The molecule has 1 aromatic carbocycles. The van der Waals surface area contributed by atoms with Gasteiger partial charge in [-0.05, 0) is 57.1 Å². The van der Waals surface area contributed by atoms with Gasteiger partial charge in [0.05, 0.1) is 0 Å². The summed E-state index contributed by atoms with van der Waals surface area (Å²) in [6.45, 7) is 7.15. The van der Waals surface area contributed by atoms with Crippen molar-refractivity contribution in [3.63, 3.8) is 0 Å². The third-order valence-electron chi connectivity index (χ3n) is 3.76. The summed E-state index contributed by atoms with van der Waals surface area (Å²) < 4.78 is 0. The highest BCUT2D eigenvalue weighted by Crippen LogP contribution is 2.26. The van der Waals surface area contributed by atoms with E-state index in [1.165, 1.54) is 24.2 Å². The lowest BCUT2D eigenvalue weighted by molar-refractivity contribution is 0.250. The maximum Gasteiger partial charge on any atom is 0.319 e. The van der Waals surface area contributed by atoms with Gasteiger partial charge in [-0.1, -0.05) is 12.1 Å². The van der Waals surface area contributed by atoms with E-state index >= 15 is 0 Å². The Balaban J connectivity index is 1.81. The molecular formula is C17H27N3OS. The van der Waals surface area contributed by atoms with Crippen molar-refractivity contribution in [3.05, 3.63) is 29.8 Å². The third kappa shape index (κ3) is 5.54. The van der Waals surface area contributed by atoms with E-state index < -0.39 is 0 Å². The Hall–Kier alpha value is -1.20. The molecule has 5 heteroatoms. The highest BCUT2D eigenvalue weighted by molar-refractivity contribution is 8.00. The van der Waals surface area contributed by atoms with Crippen LogP contribution in [-0.2, 0) is 0 Å². The minimum atomic E-state index is -0.160. The summed E-state index contributed by atoms with van der Waals surface area (Å²) in [5.41, 5.74) is 2.07. The zero-order chi connectivity index (χ0) is 15.9. The second-order valence-corrected chi connectivity index (χ2v) is 7.55. The number of hydrogen-bond acceptors (Lipinski definition) is 3. The van der Waals surface area contributed by atoms with Crippen LogP contribution in [0.4, 0.5) is 10.5 Å². The van der Waals surface area contributed by atoms with Crippen LogP contribution in [-0.4, -0.2) is 29.6 Å². The fraction of sp³-hybridized carbons (Fsp3) is 0.588. The van der Waals surface area contributed by atoms with Gasteiger partial charge < -0.3 is 16.0 Å². The quantitative estimate of drug-likeness (QED) is 0.748. The predicted octanol–water partition coefficient (Wildman–Crippen LogP) is 3.76. The van der Waals surface area contributed by atoms with Crippen LogP contribution in [0.1, 0.15) is 45.2 Å². The molecule has 0 radical (unpaired) electrons. The van der Waals surface area contributed by atoms with Crippen molar-refractivity contribution in [2.75, 3.05) is 17.6 Å². The fourth-order valence-corrected chi connectivity index (χ4v) is 3.73. The van der Waals surface area contributed by atoms with Crippen LogP contribution in [0.5, 0.6) is 0 Å². The molecule has 0 bridgehead atoms. The Kier molecular flexibility index (Phi) is 6.58. The molecule has 22 heavy (non-hydrogen) atoms. The second-order valence-electron chi connectivity index (χ2n) is 6.14. The van der Waals surface area contributed by atoms with Gasteiger partial charge in [0.1, 0.15) is 0 Å². The standard InChI is InChI=1S/C17H27N3OS/c1-12(2)19-17(21)20-15-8-6-14(7-9-15)13(3)18-11-16-5-4-10-22-16/h6-9,12-13,16,18H,4-5,10-11H2,1-3H3,(H2,19,20,21)/t13-,16+/m1/s1. The van der Waals surface area contributed by atoms with Gasteiger partial charge in [-0.25, -0.2) is 4.79 Å². The highest BCUT2D eigenvalue weighted by atomic mass is 32.2. The van der Waals surface area contributed by atoms with E-state index in [1.54, 1.807) is 0 Å². The van der Waals surface area contributed by atoms with E-state index in [-0.39, 0.29) is 12.1 Å². The molecule has 1 saturated heterocycles. The average Bonchev–Trinajstić information content (AvgIpc) is 2.98. The van der Waals surface area contributed by atoms with Gasteiger partial charge in [0.2, 0.25) is 0 Å². The largest absolute Gasteiger partial charge is 0.336 e. The molecule has 1 aliphatic rings. The van der Waals surface area contributed by atoms with Crippen molar-refractivity contribution in [1.29, 1.82) is 0 Å². The van der Waals surface area contributed by atoms with Crippen LogP contribution in [0.2, 0.25) is 0 Å². The Morgan fingerprint density at radius 2 is 2.00 bits per heavy atom. The summed E-state index contributed by atoms with van der Waals surface area (Å²) in [7, 11) is 0. The van der Waals surface area contributed by atoms with Crippen LogP contribution >= 0.6 is 11.8 Å². The molecule has 1 aromatic rings. The monoisotopic (exact) mass is 321 g/mol. The van der Waals surface area contributed by atoms with E-state index in [2.05, 4.69) is 46.8 Å². The number of rotatable bonds is 6. The maximum atomic E-state index is 11.7. The summed E-state index contributed by atoms with van der Waals surface area (Å²) in [5, 5.41) is 10.0. The molecule has 0 saturated carbocycles. The summed E-state index contributed by atoms with van der Waals surface area (Å²) in [5.74, 6) is 1.31. The van der Waals surface area contributed by atoms with E-state index in [1.807, 2.05) is 26.0 Å². The Morgan fingerprint density at radius 3 is 2.59 bits per heavy atom. The first-order valence-electron chi connectivity index (χ1n) is 8.07. The lowest BCUT2D eigenvalue weighted by atomic mass is 10.1. The van der Waals surface area contributed by atoms with Crippen LogP contribution in [0.15, 0.2) is 24.3 Å². The number of carbonyl (C=O) groups excluding carboxylic acids is 1. The first kappa shape index (κ1) is 17.2. The van der Waals surface area contributed by atoms with Gasteiger partial charge in [0.15, 0.2) is 0 Å². The van der Waals surface area contributed by atoms with Crippen LogP contribution in [0.3, 0.4) is 0 Å².